The van der Waals surface area contributed by atoms with Crippen LogP contribution in [0.3, 0.4) is 0 Å². The number of hydrogen-bond acceptors (Lipinski definition) is 4. The summed E-state index contributed by atoms with van der Waals surface area (Å²) in [6, 6.07) is -0.0531. The second-order valence-corrected chi connectivity index (χ2v) is 5.57. The predicted molar refractivity (Wildman–Crippen MR) is 70.3 cm³/mol. The van der Waals surface area contributed by atoms with Gasteiger partial charge in [-0.05, 0) is 45.3 Å². The van der Waals surface area contributed by atoms with Gasteiger partial charge in [0.25, 0.3) is 0 Å². The number of carbonyl (C=O) groups is 1. The van der Waals surface area contributed by atoms with Crippen molar-refractivity contribution in [1.82, 2.24) is 15.5 Å². The van der Waals surface area contributed by atoms with E-state index in [1.54, 1.807) is 7.05 Å². The summed E-state index contributed by atoms with van der Waals surface area (Å²) < 4.78 is 0. The minimum absolute atomic E-state index is 0.0531. The fourth-order valence-electron chi connectivity index (χ4n) is 3.07. The number of nitrogens with one attached hydrogen (secondary N) is 2. The minimum Gasteiger partial charge on any atom is -0.388 e. The quantitative estimate of drug-likeness (QED) is 0.648. The summed E-state index contributed by atoms with van der Waals surface area (Å²) in [6.07, 6.45) is 4.71. The lowest BCUT2D eigenvalue weighted by molar-refractivity contribution is -0.129. The maximum atomic E-state index is 11.9. The zero-order valence-corrected chi connectivity index (χ0v) is 11.2. The van der Waals surface area contributed by atoms with Crippen LogP contribution in [-0.2, 0) is 4.79 Å². The molecule has 0 bridgehead atoms. The maximum absolute atomic E-state index is 11.9. The van der Waals surface area contributed by atoms with Crippen LogP contribution in [0.5, 0.6) is 0 Å². The molecule has 5 nitrogen and oxygen atoms in total. The topological polar surface area (TPSA) is 64.6 Å². The molecule has 2 saturated heterocycles. The molecule has 0 aromatic rings. The molecule has 2 rings (SSSR count). The molecular formula is C13H25N3O2. The van der Waals surface area contributed by atoms with E-state index in [2.05, 4.69) is 15.5 Å². The average molecular weight is 255 g/mol. The van der Waals surface area contributed by atoms with Gasteiger partial charge < -0.3 is 15.7 Å². The lowest BCUT2D eigenvalue weighted by Crippen LogP contribution is -2.56. The molecule has 5 heteroatoms. The molecule has 0 spiro atoms. The van der Waals surface area contributed by atoms with Crippen LogP contribution in [0, 0.1) is 0 Å². The minimum atomic E-state index is -0.616. The van der Waals surface area contributed by atoms with Gasteiger partial charge in [-0.15, -0.1) is 0 Å². The molecular weight excluding hydrogens is 230 g/mol. The Morgan fingerprint density at radius 2 is 2.17 bits per heavy atom. The molecule has 0 saturated carbocycles. The SMILES string of the molecule is CNC(=O)C1CCCCN1CC1(O)CCNCC1. The Labute approximate surface area is 109 Å². The second kappa shape index (κ2) is 5.99. The molecule has 2 heterocycles. The molecule has 1 amide bonds. The number of β-amino-alcohol motifs (C(OH)–C–C–N with tert-alkyl or cyclic N) is 1. The molecule has 2 aliphatic rings. The highest BCUT2D eigenvalue weighted by Crippen LogP contribution is 2.24. The van der Waals surface area contributed by atoms with Gasteiger partial charge in [-0.2, -0.15) is 0 Å². The molecule has 0 aromatic carbocycles. The maximum Gasteiger partial charge on any atom is 0.237 e. The van der Waals surface area contributed by atoms with Crippen molar-refractivity contribution in [3.05, 3.63) is 0 Å². The lowest BCUT2D eigenvalue weighted by atomic mass is 9.89. The van der Waals surface area contributed by atoms with E-state index < -0.39 is 5.60 Å². The van der Waals surface area contributed by atoms with Gasteiger partial charge >= 0.3 is 0 Å². The Morgan fingerprint density at radius 3 is 2.83 bits per heavy atom. The molecule has 1 atom stereocenters. The van der Waals surface area contributed by atoms with Crippen molar-refractivity contribution < 1.29 is 9.90 Å². The van der Waals surface area contributed by atoms with Crippen molar-refractivity contribution in [2.45, 2.75) is 43.7 Å². The number of nitrogens with zero attached hydrogens (tertiary/aromatic N) is 1. The molecule has 0 radical (unpaired) electrons. The number of aliphatic hydroxyl groups is 1. The summed E-state index contributed by atoms with van der Waals surface area (Å²) in [4.78, 5) is 14.1. The molecule has 2 fully saturated rings. The number of likely N-dealkylation sites (N-methyl/N-ethyl adjacent to an activating group) is 1. The Kier molecular flexibility index (Phi) is 4.59. The van der Waals surface area contributed by atoms with Gasteiger partial charge in [-0.25, -0.2) is 0 Å². The van der Waals surface area contributed by atoms with E-state index in [-0.39, 0.29) is 11.9 Å². The Bertz CT molecular complexity index is 290. The highest BCUT2D eigenvalue weighted by atomic mass is 16.3. The molecule has 104 valence electrons. The highest BCUT2D eigenvalue weighted by Gasteiger charge is 2.36. The van der Waals surface area contributed by atoms with E-state index in [1.165, 1.54) is 0 Å². The molecule has 1 unspecified atom stereocenters. The van der Waals surface area contributed by atoms with Crippen molar-refractivity contribution in [2.75, 3.05) is 33.2 Å². The Hall–Kier alpha value is -0.650. The second-order valence-electron chi connectivity index (χ2n) is 5.57. The van der Waals surface area contributed by atoms with Crippen LogP contribution in [0.2, 0.25) is 0 Å². The number of rotatable bonds is 3. The Balaban J connectivity index is 1.98. The summed E-state index contributed by atoms with van der Waals surface area (Å²) in [5.41, 5.74) is -0.616. The first-order valence-corrected chi connectivity index (χ1v) is 7.03. The third-order valence-corrected chi connectivity index (χ3v) is 4.19. The van der Waals surface area contributed by atoms with Crippen LogP contribution in [0.4, 0.5) is 0 Å². The largest absolute Gasteiger partial charge is 0.388 e. The van der Waals surface area contributed by atoms with E-state index in [1.807, 2.05) is 0 Å². The number of amides is 1. The highest BCUT2D eigenvalue weighted by molar-refractivity contribution is 5.81. The van der Waals surface area contributed by atoms with Crippen LogP contribution in [0.15, 0.2) is 0 Å². The van der Waals surface area contributed by atoms with Crippen LogP contribution < -0.4 is 10.6 Å². The Morgan fingerprint density at radius 1 is 1.44 bits per heavy atom. The van der Waals surface area contributed by atoms with Gasteiger partial charge in [0.15, 0.2) is 0 Å². The smallest absolute Gasteiger partial charge is 0.237 e. The van der Waals surface area contributed by atoms with Crippen LogP contribution in [-0.4, -0.2) is 60.8 Å². The third-order valence-electron chi connectivity index (χ3n) is 4.19. The first-order valence-electron chi connectivity index (χ1n) is 7.03. The molecule has 0 aromatic heterocycles. The molecule has 0 aliphatic carbocycles. The van der Waals surface area contributed by atoms with Gasteiger partial charge in [0.2, 0.25) is 5.91 Å². The number of hydrogen-bond donors (Lipinski definition) is 3. The summed E-state index contributed by atoms with van der Waals surface area (Å²) in [7, 11) is 1.69. The number of likely N-dealkylation sites (tertiary alicyclic amines) is 1. The van der Waals surface area contributed by atoms with Crippen LogP contribution in [0.25, 0.3) is 0 Å². The van der Waals surface area contributed by atoms with Gasteiger partial charge in [0.05, 0.1) is 11.6 Å². The molecule has 18 heavy (non-hydrogen) atoms. The average Bonchev–Trinajstić information content (AvgIpc) is 2.39. The van der Waals surface area contributed by atoms with E-state index in [0.29, 0.717) is 6.54 Å². The van der Waals surface area contributed by atoms with E-state index in [4.69, 9.17) is 0 Å². The summed E-state index contributed by atoms with van der Waals surface area (Å²) in [5.74, 6) is 0.0900. The van der Waals surface area contributed by atoms with Gasteiger partial charge in [-0.3, -0.25) is 9.69 Å². The fraction of sp³-hybridized carbons (Fsp3) is 0.923. The van der Waals surface area contributed by atoms with E-state index >= 15 is 0 Å². The zero-order chi connectivity index (χ0) is 13.0. The van der Waals surface area contributed by atoms with Crippen molar-refractivity contribution in [3.8, 4) is 0 Å². The normalized spacial score (nSPS) is 28.9. The van der Waals surface area contributed by atoms with Crippen molar-refractivity contribution in [2.24, 2.45) is 0 Å². The van der Waals surface area contributed by atoms with Crippen molar-refractivity contribution in [3.63, 3.8) is 0 Å². The summed E-state index contributed by atoms with van der Waals surface area (Å²) in [5, 5.41) is 16.6. The number of piperidine rings is 2. The predicted octanol–water partition coefficient (Wildman–Crippen LogP) is -0.299. The summed E-state index contributed by atoms with van der Waals surface area (Å²) in [6.45, 7) is 3.30. The van der Waals surface area contributed by atoms with Crippen LogP contribution in [0.1, 0.15) is 32.1 Å². The van der Waals surface area contributed by atoms with E-state index in [9.17, 15) is 9.90 Å². The monoisotopic (exact) mass is 255 g/mol. The zero-order valence-electron chi connectivity index (χ0n) is 11.2. The fourth-order valence-corrected chi connectivity index (χ4v) is 3.07. The first-order chi connectivity index (χ1) is 8.64. The van der Waals surface area contributed by atoms with Gasteiger partial charge in [0.1, 0.15) is 0 Å². The number of carbonyl (C=O) groups excluding carboxylic acids is 1. The van der Waals surface area contributed by atoms with E-state index in [0.717, 1.165) is 51.7 Å². The molecule has 2 aliphatic heterocycles. The van der Waals surface area contributed by atoms with Crippen molar-refractivity contribution in [1.29, 1.82) is 0 Å². The first kappa shape index (κ1) is 13.8. The van der Waals surface area contributed by atoms with Gasteiger partial charge in [0, 0.05) is 13.6 Å². The standard InChI is InChI=1S/C13H25N3O2/c1-14-12(17)11-4-2-3-9-16(11)10-13(18)5-7-15-8-6-13/h11,15,18H,2-10H2,1H3,(H,14,17). The third kappa shape index (κ3) is 3.22. The van der Waals surface area contributed by atoms with Gasteiger partial charge in [-0.1, -0.05) is 6.42 Å². The lowest BCUT2D eigenvalue weighted by Gasteiger charge is -2.41. The molecule has 3 N–H and O–H groups in total. The van der Waals surface area contributed by atoms with Crippen LogP contribution >= 0.6 is 0 Å². The van der Waals surface area contributed by atoms with Crippen molar-refractivity contribution >= 4 is 5.91 Å². The summed E-state index contributed by atoms with van der Waals surface area (Å²) >= 11 is 0.